The van der Waals surface area contributed by atoms with Crippen molar-refractivity contribution in [2.24, 2.45) is 0 Å². The number of aromatic nitrogens is 2. The topological polar surface area (TPSA) is 49.8 Å². The smallest absolute Gasteiger partial charge is 0.0850 e. The van der Waals surface area contributed by atoms with Crippen molar-refractivity contribution in [1.82, 2.24) is 19.4 Å². The van der Waals surface area contributed by atoms with Crippen LogP contribution in [0, 0.1) is 0 Å². The van der Waals surface area contributed by atoms with Gasteiger partial charge in [0.15, 0.2) is 0 Å². The number of para-hydroxylation sites is 2. The molecule has 4 rings (SSSR count). The van der Waals surface area contributed by atoms with E-state index in [0.717, 1.165) is 35.6 Å². The van der Waals surface area contributed by atoms with Crippen molar-refractivity contribution in [3.63, 3.8) is 0 Å². The van der Waals surface area contributed by atoms with Gasteiger partial charge in [-0.15, -0.1) is 0 Å². The molecule has 0 aliphatic carbocycles. The Morgan fingerprint density at radius 2 is 1.07 bits per heavy atom. The van der Waals surface area contributed by atoms with Gasteiger partial charge in [0, 0.05) is 57.6 Å². The lowest BCUT2D eigenvalue weighted by Crippen LogP contribution is -2.09. The van der Waals surface area contributed by atoms with E-state index < -0.39 is 0 Å². The summed E-state index contributed by atoms with van der Waals surface area (Å²) in [6.45, 7) is 1.91. The fourth-order valence-corrected chi connectivity index (χ4v) is 6.48. The number of fused-ring (bicyclic) bond motifs is 2. The Hall–Kier alpha value is -1.42. The summed E-state index contributed by atoms with van der Waals surface area (Å²) < 4.78 is 6.90. The van der Waals surface area contributed by atoms with E-state index in [2.05, 4.69) is 67.9 Å². The van der Waals surface area contributed by atoms with Crippen LogP contribution in [0.2, 0.25) is 0 Å². The molecular formula is C22H22N4S4. The minimum absolute atomic E-state index is 0.954. The minimum Gasteiger partial charge on any atom is -0.259 e. The van der Waals surface area contributed by atoms with E-state index in [4.69, 9.17) is 0 Å². The highest BCUT2D eigenvalue weighted by atomic mass is 33.1. The summed E-state index contributed by atoms with van der Waals surface area (Å²) >= 11 is 3.33. The lowest BCUT2D eigenvalue weighted by atomic mass is 10.2. The first-order valence-electron chi connectivity index (χ1n) is 9.63. The molecule has 4 nitrogen and oxygen atoms in total. The van der Waals surface area contributed by atoms with E-state index >= 15 is 0 Å². The lowest BCUT2D eigenvalue weighted by Gasteiger charge is -2.07. The van der Waals surface area contributed by atoms with E-state index in [9.17, 15) is 0 Å². The Bertz CT molecular complexity index is 995. The molecule has 2 aromatic heterocycles. The van der Waals surface area contributed by atoms with Gasteiger partial charge in [-0.2, -0.15) is 0 Å². The predicted molar refractivity (Wildman–Crippen MR) is 136 cm³/mol. The highest BCUT2D eigenvalue weighted by Gasteiger charge is 2.03. The van der Waals surface area contributed by atoms with E-state index in [1.165, 1.54) is 20.6 Å². The number of hydrogen-bond acceptors (Lipinski definition) is 8. The van der Waals surface area contributed by atoms with Crippen molar-refractivity contribution in [2.45, 2.75) is 9.79 Å². The van der Waals surface area contributed by atoms with Gasteiger partial charge in [0.1, 0.15) is 0 Å². The van der Waals surface area contributed by atoms with Crippen LogP contribution in [0.1, 0.15) is 0 Å². The first-order chi connectivity index (χ1) is 14.9. The van der Waals surface area contributed by atoms with E-state index in [1.54, 1.807) is 23.9 Å². The summed E-state index contributed by atoms with van der Waals surface area (Å²) in [5, 5.41) is 2.36. The average Bonchev–Trinajstić information content (AvgIpc) is 2.80. The van der Waals surface area contributed by atoms with Crippen molar-refractivity contribution in [3.8, 4) is 0 Å². The maximum absolute atomic E-state index is 4.49. The first-order valence-corrected chi connectivity index (χ1v) is 13.8. The largest absolute Gasteiger partial charge is 0.259 e. The fourth-order valence-electron chi connectivity index (χ4n) is 2.86. The zero-order valence-electron chi connectivity index (χ0n) is 16.3. The van der Waals surface area contributed by atoms with Crippen LogP contribution in [0.15, 0.2) is 82.8 Å². The molecule has 0 atom stereocenters. The number of hydrogen-bond donors (Lipinski definition) is 2. The minimum atomic E-state index is 0.954. The van der Waals surface area contributed by atoms with Crippen LogP contribution in [-0.2, 0) is 0 Å². The second-order valence-electron chi connectivity index (χ2n) is 6.30. The molecule has 2 heterocycles. The third-order valence-electron chi connectivity index (χ3n) is 4.21. The molecule has 0 saturated heterocycles. The van der Waals surface area contributed by atoms with Gasteiger partial charge in [0.2, 0.25) is 0 Å². The Balaban J connectivity index is 1.08. The molecule has 0 bridgehead atoms. The molecule has 2 aromatic carbocycles. The predicted octanol–water partition coefficient (Wildman–Crippen LogP) is 6.06. The van der Waals surface area contributed by atoms with Crippen LogP contribution >= 0.6 is 45.5 Å². The third-order valence-corrected chi connectivity index (χ3v) is 8.42. The van der Waals surface area contributed by atoms with E-state index in [-0.39, 0.29) is 0 Å². The molecule has 0 spiro atoms. The van der Waals surface area contributed by atoms with Crippen LogP contribution < -0.4 is 9.44 Å². The second-order valence-corrected chi connectivity index (χ2v) is 10.9. The Labute approximate surface area is 193 Å². The van der Waals surface area contributed by atoms with Gasteiger partial charge >= 0.3 is 0 Å². The molecule has 0 unspecified atom stereocenters. The van der Waals surface area contributed by atoms with Gasteiger partial charge in [-0.1, -0.05) is 58.0 Å². The van der Waals surface area contributed by atoms with Gasteiger partial charge in [0.05, 0.1) is 11.0 Å². The molecule has 0 amide bonds. The van der Waals surface area contributed by atoms with Crippen molar-refractivity contribution in [1.29, 1.82) is 0 Å². The monoisotopic (exact) mass is 470 g/mol. The van der Waals surface area contributed by atoms with E-state index in [1.807, 2.05) is 46.1 Å². The van der Waals surface area contributed by atoms with Crippen molar-refractivity contribution in [2.75, 3.05) is 24.6 Å². The molecule has 2 N–H and O–H groups in total. The molecule has 0 aliphatic heterocycles. The molecule has 0 aliphatic rings. The normalized spacial score (nSPS) is 11.3. The summed E-state index contributed by atoms with van der Waals surface area (Å²) in [5.41, 5.74) is 2.12. The molecule has 154 valence electrons. The van der Waals surface area contributed by atoms with Gasteiger partial charge in [-0.3, -0.25) is 19.4 Å². The molecule has 30 heavy (non-hydrogen) atoms. The summed E-state index contributed by atoms with van der Waals surface area (Å²) in [7, 11) is 3.81. The quantitative estimate of drug-likeness (QED) is 0.156. The Morgan fingerprint density at radius 3 is 1.57 bits per heavy atom. The Kier molecular flexibility index (Phi) is 8.60. The van der Waals surface area contributed by atoms with Crippen molar-refractivity contribution >= 4 is 67.3 Å². The molecule has 0 radical (unpaired) electrons. The fraction of sp³-hybridized carbons (Fsp3) is 0.182. The SMILES string of the molecule is c1cnc2c(SNCCSSCCNSc3cccc4cccnc34)cccc2c1. The number of pyridine rings is 2. The van der Waals surface area contributed by atoms with Crippen LogP contribution in [0.3, 0.4) is 0 Å². The maximum Gasteiger partial charge on any atom is 0.0850 e. The zero-order chi connectivity index (χ0) is 20.4. The zero-order valence-corrected chi connectivity index (χ0v) is 19.6. The van der Waals surface area contributed by atoms with Gasteiger partial charge in [-0.05, 0) is 48.2 Å². The first kappa shape index (κ1) is 21.8. The van der Waals surface area contributed by atoms with Crippen LogP contribution in [0.5, 0.6) is 0 Å². The number of nitrogens with one attached hydrogen (secondary N) is 2. The second kappa shape index (κ2) is 11.8. The van der Waals surface area contributed by atoms with Gasteiger partial charge < -0.3 is 0 Å². The molecule has 0 saturated carbocycles. The Morgan fingerprint density at radius 1 is 0.600 bits per heavy atom. The summed E-state index contributed by atoms with van der Waals surface area (Å²) in [4.78, 5) is 11.3. The number of rotatable bonds is 11. The van der Waals surface area contributed by atoms with Crippen LogP contribution in [0.4, 0.5) is 0 Å². The molecular weight excluding hydrogens is 449 g/mol. The van der Waals surface area contributed by atoms with E-state index in [0.29, 0.717) is 0 Å². The highest BCUT2D eigenvalue weighted by Crippen LogP contribution is 2.26. The standard InChI is InChI=1S/C22H22N4S4/c1-5-17-7-3-11-23-21(17)19(9-1)29-25-13-15-27-28-16-14-26-30-20-10-2-6-18-8-4-12-24-22(18)20/h1-12,25-26H,13-16H2. The summed E-state index contributed by atoms with van der Waals surface area (Å²) in [6, 6.07) is 20.7. The molecule has 8 heteroatoms. The highest BCUT2D eigenvalue weighted by molar-refractivity contribution is 8.76. The molecule has 0 fully saturated rings. The van der Waals surface area contributed by atoms with Crippen molar-refractivity contribution in [3.05, 3.63) is 73.1 Å². The third kappa shape index (κ3) is 6.06. The molecule has 4 aromatic rings. The average molecular weight is 471 g/mol. The van der Waals surface area contributed by atoms with Crippen LogP contribution in [0.25, 0.3) is 21.8 Å². The van der Waals surface area contributed by atoms with Crippen LogP contribution in [-0.4, -0.2) is 34.6 Å². The number of benzene rings is 2. The number of nitrogens with zero attached hydrogens (tertiary/aromatic N) is 2. The van der Waals surface area contributed by atoms with Gasteiger partial charge in [0.25, 0.3) is 0 Å². The lowest BCUT2D eigenvalue weighted by molar-refractivity contribution is 1.04. The maximum atomic E-state index is 4.49. The summed E-state index contributed by atoms with van der Waals surface area (Å²) in [5.74, 6) is 2.13. The van der Waals surface area contributed by atoms with Crippen molar-refractivity contribution < 1.29 is 0 Å². The van der Waals surface area contributed by atoms with Gasteiger partial charge in [-0.25, -0.2) is 0 Å². The summed E-state index contributed by atoms with van der Waals surface area (Å²) in [6.07, 6.45) is 3.70.